The third kappa shape index (κ3) is 3.76. The number of ether oxygens (including phenoxy) is 1. The number of morpholine rings is 1. The van der Waals surface area contributed by atoms with Crippen LogP contribution in [0.4, 0.5) is 0 Å². The Morgan fingerprint density at radius 3 is 2.76 bits per heavy atom. The predicted molar refractivity (Wildman–Crippen MR) is 122 cm³/mol. The Bertz CT molecular complexity index is 1240. The van der Waals surface area contributed by atoms with Crippen molar-refractivity contribution in [2.45, 2.75) is 19.9 Å². The number of carbonyl (C=O) groups excluding carboxylic acids is 2. The first-order valence-corrected chi connectivity index (χ1v) is 12.0. The number of nitrogens with zero attached hydrogens (tertiary/aromatic N) is 3. The molecule has 1 unspecified atom stereocenters. The molecule has 0 aliphatic carbocycles. The maximum absolute atomic E-state index is 13.9. The van der Waals surface area contributed by atoms with Crippen LogP contribution in [0.2, 0.25) is 0 Å². The van der Waals surface area contributed by atoms with Gasteiger partial charge in [-0.15, -0.1) is 11.3 Å². The third-order valence-electron chi connectivity index (χ3n) is 6.48. The lowest BCUT2D eigenvalue weighted by Crippen LogP contribution is -3.14. The standard InChI is InChI=1S/C24H26N4O4S/c1-15-5-3-7-27-19(16(2)25-23(15)27)21(29)18-20(17-6-4-14-33-17)28(24(31)22(18)30)9-8-26-10-12-32-13-11-26/h3-7,14,20,29H,8-13H2,1-2H3. The van der Waals surface area contributed by atoms with Crippen molar-refractivity contribution in [2.24, 2.45) is 0 Å². The molecule has 33 heavy (non-hydrogen) atoms. The summed E-state index contributed by atoms with van der Waals surface area (Å²) in [5.74, 6) is -1.74. The molecule has 0 spiro atoms. The molecule has 0 radical (unpaired) electrons. The molecule has 2 aliphatic heterocycles. The number of ketones is 1. The number of amides is 1. The van der Waals surface area contributed by atoms with Crippen molar-refractivity contribution in [2.75, 3.05) is 39.4 Å². The van der Waals surface area contributed by atoms with Crippen molar-refractivity contribution >= 4 is 34.4 Å². The van der Waals surface area contributed by atoms with E-state index in [0.29, 0.717) is 43.3 Å². The molecule has 1 atom stereocenters. The number of fused-ring (bicyclic) bond motifs is 1. The van der Waals surface area contributed by atoms with Gasteiger partial charge in [0.1, 0.15) is 18.7 Å². The number of imidazole rings is 1. The fourth-order valence-corrected chi connectivity index (χ4v) is 5.60. The number of quaternary nitrogens is 1. The van der Waals surface area contributed by atoms with E-state index in [1.165, 1.54) is 16.2 Å². The van der Waals surface area contributed by atoms with E-state index in [0.717, 1.165) is 23.5 Å². The molecule has 1 amide bonds. The van der Waals surface area contributed by atoms with E-state index in [1.807, 2.05) is 36.6 Å². The summed E-state index contributed by atoms with van der Waals surface area (Å²) in [4.78, 5) is 34.6. The Kier molecular flexibility index (Phi) is 5.77. The molecular weight excluding hydrogens is 440 g/mol. The largest absolute Gasteiger partial charge is 0.871 e. The first kappa shape index (κ1) is 21.8. The van der Waals surface area contributed by atoms with E-state index in [-0.39, 0.29) is 5.57 Å². The van der Waals surface area contributed by atoms with Crippen molar-refractivity contribution in [3.05, 3.63) is 63.2 Å². The van der Waals surface area contributed by atoms with Crippen LogP contribution in [0.5, 0.6) is 0 Å². The SMILES string of the molecule is Cc1nc2c(C)cccn2c1C([O-])=C1C(=O)C(=O)N(CC[NH+]2CCOCC2)C1c1cccs1. The lowest BCUT2D eigenvalue weighted by atomic mass is 10.0. The van der Waals surface area contributed by atoms with E-state index >= 15 is 0 Å². The number of thiophene rings is 1. The molecule has 9 heteroatoms. The Morgan fingerprint density at radius 2 is 2.03 bits per heavy atom. The van der Waals surface area contributed by atoms with Crippen molar-refractivity contribution < 1.29 is 24.3 Å². The van der Waals surface area contributed by atoms with Crippen LogP contribution in [0.15, 0.2) is 41.4 Å². The smallest absolute Gasteiger partial charge is 0.295 e. The zero-order valence-electron chi connectivity index (χ0n) is 18.7. The average Bonchev–Trinajstić information content (AvgIpc) is 3.51. The molecule has 5 heterocycles. The van der Waals surface area contributed by atoms with Gasteiger partial charge in [-0.25, -0.2) is 4.98 Å². The second-order valence-electron chi connectivity index (χ2n) is 8.53. The zero-order chi connectivity index (χ0) is 23.1. The minimum Gasteiger partial charge on any atom is -0.871 e. The number of Topliss-reactive ketones (excluding diaryl/α,β-unsaturated/α-hetero) is 1. The molecular formula is C24H26N4O4S. The number of aryl methyl sites for hydroxylation is 2. The summed E-state index contributed by atoms with van der Waals surface area (Å²) < 4.78 is 7.15. The Labute approximate surface area is 195 Å². The van der Waals surface area contributed by atoms with Gasteiger partial charge in [-0.05, 0) is 36.9 Å². The summed E-state index contributed by atoms with van der Waals surface area (Å²) in [6.45, 7) is 7.94. The number of hydrogen-bond donors (Lipinski definition) is 1. The van der Waals surface area contributed by atoms with Crippen molar-refractivity contribution in [1.29, 1.82) is 0 Å². The maximum atomic E-state index is 13.9. The maximum Gasteiger partial charge on any atom is 0.295 e. The Hall–Kier alpha value is -3.01. The van der Waals surface area contributed by atoms with E-state index in [4.69, 9.17) is 4.74 Å². The highest BCUT2D eigenvalue weighted by Crippen LogP contribution is 2.40. The first-order chi connectivity index (χ1) is 16.0. The van der Waals surface area contributed by atoms with Crippen LogP contribution in [0.3, 0.4) is 0 Å². The van der Waals surface area contributed by atoms with Crippen molar-refractivity contribution in [3.63, 3.8) is 0 Å². The molecule has 2 saturated heterocycles. The fourth-order valence-electron chi connectivity index (χ4n) is 4.75. The van der Waals surface area contributed by atoms with Gasteiger partial charge in [0, 0.05) is 16.6 Å². The number of nitrogens with one attached hydrogen (secondary N) is 1. The molecule has 0 bridgehead atoms. The van der Waals surface area contributed by atoms with E-state index in [9.17, 15) is 14.7 Å². The molecule has 1 N–H and O–H groups in total. The monoisotopic (exact) mass is 466 g/mol. The highest BCUT2D eigenvalue weighted by Gasteiger charge is 2.45. The summed E-state index contributed by atoms with van der Waals surface area (Å²) in [5.41, 5.74) is 2.51. The lowest BCUT2D eigenvalue weighted by Gasteiger charge is -2.29. The van der Waals surface area contributed by atoms with E-state index in [1.54, 1.807) is 22.4 Å². The Balaban J connectivity index is 1.59. The highest BCUT2D eigenvalue weighted by molar-refractivity contribution is 7.10. The van der Waals surface area contributed by atoms with Gasteiger partial charge in [-0.1, -0.05) is 17.9 Å². The molecule has 0 saturated carbocycles. The third-order valence-corrected chi connectivity index (χ3v) is 7.41. The van der Waals surface area contributed by atoms with E-state index < -0.39 is 23.5 Å². The van der Waals surface area contributed by atoms with Gasteiger partial charge in [0.25, 0.3) is 5.91 Å². The minimum absolute atomic E-state index is 0.0193. The van der Waals surface area contributed by atoms with Gasteiger partial charge in [0.05, 0.1) is 43.7 Å². The van der Waals surface area contributed by atoms with Gasteiger partial charge in [0.15, 0.2) is 0 Å². The molecule has 0 aromatic carbocycles. The highest BCUT2D eigenvalue weighted by atomic mass is 32.1. The van der Waals surface area contributed by atoms with Crippen LogP contribution in [0.1, 0.15) is 27.9 Å². The molecule has 2 aliphatic rings. The molecule has 8 nitrogen and oxygen atoms in total. The van der Waals surface area contributed by atoms with Gasteiger partial charge in [0.2, 0.25) is 5.78 Å². The topological polar surface area (TPSA) is 91.4 Å². The minimum atomic E-state index is -0.711. The molecule has 172 valence electrons. The second kappa shape index (κ2) is 8.74. The van der Waals surface area contributed by atoms with Gasteiger partial charge in [-0.3, -0.25) is 9.59 Å². The summed E-state index contributed by atoms with van der Waals surface area (Å²) in [6, 6.07) is 6.86. The normalized spacial score (nSPS) is 21.4. The molecule has 3 aromatic rings. The molecule has 5 rings (SSSR count). The van der Waals surface area contributed by atoms with Crippen LogP contribution < -0.4 is 10.0 Å². The summed E-state index contributed by atoms with van der Waals surface area (Å²) in [7, 11) is 0. The summed E-state index contributed by atoms with van der Waals surface area (Å²) >= 11 is 1.45. The molecule has 3 aromatic heterocycles. The second-order valence-corrected chi connectivity index (χ2v) is 9.51. The van der Waals surface area contributed by atoms with Gasteiger partial charge < -0.3 is 24.0 Å². The zero-order valence-corrected chi connectivity index (χ0v) is 19.5. The fraction of sp³-hybridized carbons (Fsp3) is 0.375. The van der Waals surface area contributed by atoms with Crippen LogP contribution >= 0.6 is 11.3 Å². The van der Waals surface area contributed by atoms with Crippen LogP contribution in [-0.4, -0.2) is 65.4 Å². The first-order valence-electron chi connectivity index (χ1n) is 11.1. The van der Waals surface area contributed by atoms with E-state index in [2.05, 4.69) is 4.98 Å². The summed E-state index contributed by atoms with van der Waals surface area (Å²) in [5, 5.41) is 15.8. The number of rotatable bonds is 5. The average molecular weight is 467 g/mol. The number of likely N-dealkylation sites (tertiary alicyclic amines) is 1. The van der Waals surface area contributed by atoms with Gasteiger partial charge >= 0.3 is 0 Å². The number of carbonyl (C=O) groups is 2. The number of aromatic nitrogens is 2. The van der Waals surface area contributed by atoms with Gasteiger partial charge in [-0.2, -0.15) is 0 Å². The summed E-state index contributed by atoms with van der Waals surface area (Å²) in [6.07, 6.45) is 1.77. The molecule has 2 fully saturated rings. The van der Waals surface area contributed by atoms with Crippen molar-refractivity contribution in [1.82, 2.24) is 14.3 Å². The predicted octanol–water partition coefficient (Wildman–Crippen LogP) is 0.152. The number of hydrogen-bond acceptors (Lipinski definition) is 6. The number of pyridine rings is 1. The van der Waals surface area contributed by atoms with Crippen LogP contribution in [0, 0.1) is 13.8 Å². The van der Waals surface area contributed by atoms with Crippen LogP contribution in [0.25, 0.3) is 11.4 Å². The Morgan fingerprint density at radius 1 is 1.24 bits per heavy atom. The quantitative estimate of drug-likeness (QED) is 0.329. The van der Waals surface area contributed by atoms with Crippen molar-refractivity contribution in [3.8, 4) is 0 Å². The van der Waals surface area contributed by atoms with Crippen LogP contribution in [-0.2, 0) is 14.3 Å². The lowest BCUT2D eigenvalue weighted by molar-refractivity contribution is -0.907.